The fourth-order valence-electron chi connectivity index (χ4n) is 2.96. The van der Waals surface area contributed by atoms with E-state index in [2.05, 4.69) is 13.8 Å². The van der Waals surface area contributed by atoms with Gasteiger partial charge in [0.1, 0.15) is 0 Å². The summed E-state index contributed by atoms with van der Waals surface area (Å²) < 4.78 is 0. The van der Waals surface area contributed by atoms with Crippen molar-refractivity contribution < 1.29 is 0 Å². The second kappa shape index (κ2) is 4.00. The molecule has 2 aliphatic rings. The molecule has 0 saturated heterocycles. The van der Waals surface area contributed by atoms with Crippen molar-refractivity contribution in [2.24, 2.45) is 23.0 Å². The van der Waals surface area contributed by atoms with Crippen LogP contribution in [-0.2, 0) is 0 Å². The molecule has 0 radical (unpaired) electrons. The van der Waals surface area contributed by atoms with Crippen LogP contribution in [0.25, 0.3) is 0 Å². The van der Waals surface area contributed by atoms with Crippen LogP contribution in [0.3, 0.4) is 0 Å². The smallest absolute Gasteiger partial charge is 0.00418 e. The van der Waals surface area contributed by atoms with Crippen molar-refractivity contribution >= 4 is 0 Å². The fraction of sp³-hybridized carbons (Fsp3) is 1.00. The molecule has 2 N–H and O–H groups in total. The largest absolute Gasteiger partial charge is 0.328 e. The Bertz CT molecular complexity index is 165. The molecule has 3 unspecified atom stereocenters. The summed E-state index contributed by atoms with van der Waals surface area (Å²) >= 11 is 0. The summed E-state index contributed by atoms with van der Waals surface area (Å²) in [5.41, 5.74) is 6.66. The molecule has 2 rings (SSSR count). The summed E-state index contributed by atoms with van der Waals surface area (Å²) in [6, 6.07) is 0.523. The van der Waals surface area contributed by atoms with E-state index in [0.717, 1.165) is 17.3 Å². The maximum absolute atomic E-state index is 5.91. The van der Waals surface area contributed by atoms with E-state index in [9.17, 15) is 0 Å². The zero-order valence-electron chi connectivity index (χ0n) is 9.64. The van der Waals surface area contributed by atoms with E-state index in [1.807, 2.05) is 13.8 Å². The topological polar surface area (TPSA) is 26.0 Å². The third kappa shape index (κ3) is 1.90. The van der Waals surface area contributed by atoms with Crippen LogP contribution < -0.4 is 5.73 Å². The first-order chi connectivity index (χ1) is 6.15. The van der Waals surface area contributed by atoms with Gasteiger partial charge in [-0.25, -0.2) is 0 Å². The van der Waals surface area contributed by atoms with Crippen molar-refractivity contribution in [1.82, 2.24) is 0 Å². The van der Waals surface area contributed by atoms with E-state index in [-0.39, 0.29) is 0 Å². The van der Waals surface area contributed by atoms with Gasteiger partial charge in [0, 0.05) is 6.04 Å². The Hall–Kier alpha value is -0.0400. The molecule has 13 heavy (non-hydrogen) atoms. The van der Waals surface area contributed by atoms with E-state index >= 15 is 0 Å². The molecule has 78 valence electrons. The maximum Gasteiger partial charge on any atom is 0.00418 e. The minimum atomic E-state index is 0.523. The molecule has 0 bridgehead atoms. The van der Waals surface area contributed by atoms with Gasteiger partial charge in [0.2, 0.25) is 0 Å². The highest BCUT2D eigenvalue weighted by molar-refractivity contribution is 5.08. The predicted molar refractivity (Wildman–Crippen MR) is 58.6 cm³/mol. The van der Waals surface area contributed by atoms with E-state index in [0.29, 0.717) is 6.04 Å². The lowest BCUT2D eigenvalue weighted by Gasteiger charge is -2.28. The minimum absolute atomic E-state index is 0.523. The number of hydrogen-bond donors (Lipinski definition) is 1. The highest BCUT2D eigenvalue weighted by Gasteiger charge is 2.57. The molecule has 0 aliphatic heterocycles. The maximum atomic E-state index is 5.91. The molecule has 0 aromatic rings. The van der Waals surface area contributed by atoms with Gasteiger partial charge >= 0.3 is 0 Å². The highest BCUT2D eigenvalue weighted by Crippen LogP contribution is 2.65. The number of fused-ring (bicyclic) bond motifs is 1. The highest BCUT2D eigenvalue weighted by atomic mass is 14.7. The molecule has 1 nitrogen and oxygen atoms in total. The van der Waals surface area contributed by atoms with Gasteiger partial charge in [-0.1, -0.05) is 27.7 Å². The second-order valence-corrected chi connectivity index (χ2v) is 4.82. The minimum Gasteiger partial charge on any atom is -0.328 e. The summed E-state index contributed by atoms with van der Waals surface area (Å²) in [5, 5.41) is 0. The normalized spacial score (nSPS) is 42.0. The first-order valence-electron chi connectivity index (χ1n) is 5.91. The molecule has 2 saturated carbocycles. The van der Waals surface area contributed by atoms with Gasteiger partial charge in [-0.3, -0.25) is 0 Å². The lowest BCUT2D eigenvalue weighted by atomic mass is 9.79. The van der Waals surface area contributed by atoms with Gasteiger partial charge < -0.3 is 5.73 Å². The Morgan fingerprint density at radius 3 is 2.38 bits per heavy atom. The number of hydrogen-bond acceptors (Lipinski definition) is 1. The van der Waals surface area contributed by atoms with Crippen LogP contribution in [0.5, 0.6) is 0 Å². The molecule has 0 aromatic heterocycles. The average molecular weight is 183 g/mol. The van der Waals surface area contributed by atoms with Gasteiger partial charge in [0.15, 0.2) is 0 Å². The average Bonchev–Trinajstić information content (AvgIpc) is 2.83. The number of rotatable bonds is 1. The molecule has 0 amide bonds. The number of nitrogens with two attached hydrogens (primary N) is 1. The van der Waals surface area contributed by atoms with E-state index in [4.69, 9.17) is 5.73 Å². The molecule has 0 heterocycles. The van der Waals surface area contributed by atoms with E-state index in [1.165, 1.54) is 25.7 Å². The lowest BCUT2D eigenvalue weighted by molar-refractivity contribution is 0.236. The quantitative estimate of drug-likeness (QED) is 0.664. The lowest BCUT2D eigenvalue weighted by Crippen LogP contribution is -2.29. The molecule has 1 heteroatoms. The first kappa shape index (κ1) is 11.0. The Morgan fingerprint density at radius 2 is 1.92 bits per heavy atom. The fourth-order valence-corrected chi connectivity index (χ4v) is 2.96. The molecular formula is C12H25N. The van der Waals surface area contributed by atoms with Crippen LogP contribution in [0.2, 0.25) is 0 Å². The Balaban J connectivity index is 0.000000396. The molecule has 2 fully saturated rings. The zero-order valence-corrected chi connectivity index (χ0v) is 9.64. The monoisotopic (exact) mass is 183 g/mol. The van der Waals surface area contributed by atoms with Gasteiger partial charge in [0.05, 0.1) is 0 Å². The summed E-state index contributed by atoms with van der Waals surface area (Å²) in [4.78, 5) is 0. The summed E-state index contributed by atoms with van der Waals surface area (Å²) in [6.45, 7) is 8.74. The van der Waals surface area contributed by atoms with Gasteiger partial charge in [0.25, 0.3) is 0 Å². The van der Waals surface area contributed by atoms with Crippen LogP contribution in [0.1, 0.15) is 53.4 Å². The zero-order chi connectivity index (χ0) is 10.1. The third-order valence-corrected chi connectivity index (χ3v) is 4.00. The predicted octanol–water partition coefficient (Wildman–Crippen LogP) is 3.19. The van der Waals surface area contributed by atoms with Gasteiger partial charge in [-0.05, 0) is 42.9 Å². The third-order valence-electron chi connectivity index (χ3n) is 4.00. The molecule has 0 spiro atoms. The Labute approximate surface area is 83.1 Å². The SMILES string of the molecule is CC.CC(C)C12CCC(N)CC1C2. The van der Waals surface area contributed by atoms with E-state index in [1.54, 1.807) is 0 Å². The van der Waals surface area contributed by atoms with Crippen molar-refractivity contribution in [3.05, 3.63) is 0 Å². The first-order valence-corrected chi connectivity index (χ1v) is 5.91. The van der Waals surface area contributed by atoms with Crippen LogP contribution in [0, 0.1) is 17.3 Å². The summed E-state index contributed by atoms with van der Waals surface area (Å²) in [7, 11) is 0. The van der Waals surface area contributed by atoms with Crippen LogP contribution in [-0.4, -0.2) is 6.04 Å². The van der Waals surface area contributed by atoms with Crippen molar-refractivity contribution in [2.45, 2.75) is 59.4 Å². The molecule has 2 aliphatic carbocycles. The van der Waals surface area contributed by atoms with Crippen molar-refractivity contribution in [3.8, 4) is 0 Å². The van der Waals surface area contributed by atoms with Gasteiger partial charge in [-0.15, -0.1) is 0 Å². The van der Waals surface area contributed by atoms with Crippen molar-refractivity contribution in [2.75, 3.05) is 0 Å². The standard InChI is InChI=1S/C10H19N.C2H6/c1-7(2)10-4-3-9(11)5-8(10)6-10;1-2/h7-9H,3-6,11H2,1-2H3;1-2H3. The van der Waals surface area contributed by atoms with Crippen LogP contribution in [0.4, 0.5) is 0 Å². The van der Waals surface area contributed by atoms with Crippen molar-refractivity contribution in [3.63, 3.8) is 0 Å². The molecular weight excluding hydrogens is 158 g/mol. The molecule has 0 aromatic carbocycles. The van der Waals surface area contributed by atoms with E-state index < -0.39 is 0 Å². The van der Waals surface area contributed by atoms with Crippen LogP contribution >= 0.6 is 0 Å². The Morgan fingerprint density at radius 1 is 1.31 bits per heavy atom. The van der Waals surface area contributed by atoms with Crippen LogP contribution in [0.15, 0.2) is 0 Å². The molecule has 3 atom stereocenters. The Kier molecular flexibility index (Phi) is 3.39. The van der Waals surface area contributed by atoms with Gasteiger partial charge in [-0.2, -0.15) is 0 Å². The summed E-state index contributed by atoms with van der Waals surface area (Å²) in [5.74, 6) is 1.88. The summed E-state index contributed by atoms with van der Waals surface area (Å²) in [6.07, 6.45) is 5.45. The van der Waals surface area contributed by atoms with Crippen molar-refractivity contribution in [1.29, 1.82) is 0 Å². The second-order valence-electron chi connectivity index (χ2n) is 4.82.